The number of hydrogen-bond donors (Lipinski definition) is 1. The Balaban J connectivity index is 2.02. The van der Waals surface area contributed by atoms with Crippen molar-refractivity contribution in [1.29, 1.82) is 0 Å². The monoisotopic (exact) mass is 281 g/mol. The molecule has 0 heterocycles. The van der Waals surface area contributed by atoms with Crippen LogP contribution in [0.1, 0.15) is 11.1 Å². The molecule has 0 bridgehead atoms. The zero-order valence-electron chi connectivity index (χ0n) is 10.2. The molecule has 2 aromatic rings. The van der Waals surface area contributed by atoms with Crippen LogP contribution in [-0.4, -0.2) is 6.04 Å². The van der Waals surface area contributed by atoms with Gasteiger partial charge >= 0.3 is 0 Å². The van der Waals surface area contributed by atoms with E-state index in [9.17, 15) is 8.78 Å². The lowest BCUT2D eigenvalue weighted by atomic mass is 9.99. The summed E-state index contributed by atoms with van der Waals surface area (Å²) in [6, 6.07) is 10.5. The lowest BCUT2D eigenvalue weighted by molar-refractivity contribution is 0.566. The molecular weight excluding hydrogens is 268 g/mol. The van der Waals surface area contributed by atoms with E-state index in [1.165, 1.54) is 6.07 Å². The minimum Gasteiger partial charge on any atom is -0.327 e. The molecule has 4 heteroatoms. The summed E-state index contributed by atoms with van der Waals surface area (Å²) in [7, 11) is 0. The highest BCUT2D eigenvalue weighted by Crippen LogP contribution is 2.15. The van der Waals surface area contributed by atoms with Gasteiger partial charge in [-0.3, -0.25) is 0 Å². The smallest absolute Gasteiger partial charge is 0.126 e. The first kappa shape index (κ1) is 14.0. The lowest BCUT2D eigenvalue weighted by Crippen LogP contribution is -2.26. The lowest BCUT2D eigenvalue weighted by Gasteiger charge is -2.12. The van der Waals surface area contributed by atoms with Gasteiger partial charge in [-0.05, 0) is 54.3 Å². The van der Waals surface area contributed by atoms with Crippen molar-refractivity contribution >= 4 is 11.6 Å². The van der Waals surface area contributed by atoms with Gasteiger partial charge in [0.25, 0.3) is 0 Å². The van der Waals surface area contributed by atoms with Crippen LogP contribution in [0.2, 0.25) is 5.02 Å². The molecule has 0 spiro atoms. The molecule has 2 rings (SSSR count). The van der Waals surface area contributed by atoms with Gasteiger partial charge in [-0.25, -0.2) is 8.78 Å². The van der Waals surface area contributed by atoms with Gasteiger partial charge in [-0.15, -0.1) is 0 Å². The first-order valence-electron chi connectivity index (χ1n) is 5.98. The van der Waals surface area contributed by atoms with Crippen molar-refractivity contribution in [2.75, 3.05) is 0 Å². The molecule has 0 aliphatic heterocycles. The van der Waals surface area contributed by atoms with Gasteiger partial charge in [0, 0.05) is 11.1 Å². The second-order valence-corrected chi connectivity index (χ2v) is 4.97. The summed E-state index contributed by atoms with van der Waals surface area (Å²) < 4.78 is 26.5. The Kier molecular flexibility index (Phi) is 4.51. The first-order valence-corrected chi connectivity index (χ1v) is 6.36. The summed E-state index contributed by atoms with van der Waals surface area (Å²) in [5.74, 6) is -0.872. The molecule has 100 valence electrons. The fraction of sp³-hybridized carbons (Fsp3) is 0.200. The molecule has 2 aromatic carbocycles. The first-order chi connectivity index (χ1) is 9.04. The molecule has 0 aliphatic carbocycles. The van der Waals surface area contributed by atoms with E-state index in [4.69, 9.17) is 17.3 Å². The van der Waals surface area contributed by atoms with E-state index < -0.39 is 11.6 Å². The van der Waals surface area contributed by atoms with E-state index in [0.29, 0.717) is 23.4 Å². The predicted octanol–water partition coefficient (Wildman–Crippen LogP) is 3.73. The molecule has 1 unspecified atom stereocenters. The molecule has 0 aliphatic rings. The Bertz CT molecular complexity index is 555. The van der Waals surface area contributed by atoms with Gasteiger partial charge in [0.2, 0.25) is 0 Å². The van der Waals surface area contributed by atoms with Crippen molar-refractivity contribution in [2.45, 2.75) is 18.9 Å². The summed E-state index contributed by atoms with van der Waals surface area (Å²) in [6.45, 7) is 0. The average molecular weight is 282 g/mol. The van der Waals surface area contributed by atoms with Gasteiger partial charge in [0.05, 0.1) is 0 Å². The van der Waals surface area contributed by atoms with E-state index in [-0.39, 0.29) is 6.04 Å². The Hall–Kier alpha value is -1.45. The molecule has 0 amide bonds. The van der Waals surface area contributed by atoms with Gasteiger partial charge in [0.15, 0.2) is 0 Å². The summed E-state index contributed by atoms with van der Waals surface area (Å²) >= 11 is 5.79. The van der Waals surface area contributed by atoms with E-state index >= 15 is 0 Å². The van der Waals surface area contributed by atoms with E-state index in [0.717, 1.165) is 17.7 Å². The Morgan fingerprint density at radius 3 is 2.37 bits per heavy atom. The van der Waals surface area contributed by atoms with Crippen LogP contribution < -0.4 is 5.73 Å². The second-order valence-electron chi connectivity index (χ2n) is 4.53. The largest absolute Gasteiger partial charge is 0.327 e. The van der Waals surface area contributed by atoms with Crippen molar-refractivity contribution < 1.29 is 8.78 Å². The van der Waals surface area contributed by atoms with Crippen molar-refractivity contribution in [3.8, 4) is 0 Å². The minimum absolute atomic E-state index is 0.266. The second kappa shape index (κ2) is 6.13. The highest BCUT2D eigenvalue weighted by Gasteiger charge is 2.10. The van der Waals surface area contributed by atoms with E-state index in [1.54, 1.807) is 12.1 Å². The third kappa shape index (κ3) is 4.01. The SMILES string of the molecule is NC(Cc1ccc(Cl)cc1)Cc1cc(F)ccc1F. The summed E-state index contributed by atoms with van der Waals surface area (Å²) in [5.41, 5.74) is 7.30. The maximum atomic E-state index is 13.5. The number of nitrogens with two attached hydrogens (primary N) is 1. The molecule has 0 saturated heterocycles. The highest BCUT2D eigenvalue weighted by atomic mass is 35.5. The van der Waals surface area contributed by atoms with Gasteiger partial charge in [0.1, 0.15) is 11.6 Å². The number of benzene rings is 2. The van der Waals surface area contributed by atoms with Gasteiger partial charge in [-0.2, -0.15) is 0 Å². The Morgan fingerprint density at radius 2 is 1.68 bits per heavy atom. The maximum absolute atomic E-state index is 13.5. The highest BCUT2D eigenvalue weighted by molar-refractivity contribution is 6.30. The number of halogens is 3. The van der Waals surface area contributed by atoms with E-state index in [2.05, 4.69) is 0 Å². The van der Waals surface area contributed by atoms with Crippen LogP contribution in [0, 0.1) is 11.6 Å². The molecule has 1 atom stereocenters. The van der Waals surface area contributed by atoms with Crippen LogP contribution in [0.25, 0.3) is 0 Å². The molecule has 0 saturated carbocycles. The molecule has 0 aromatic heterocycles. The fourth-order valence-electron chi connectivity index (χ4n) is 1.98. The minimum atomic E-state index is -0.449. The topological polar surface area (TPSA) is 26.0 Å². The molecule has 19 heavy (non-hydrogen) atoms. The third-order valence-corrected chi connectivity index (χ3v) is 3.15. The Labute approximate surface area is 116 Å². The third-order valence-electron chi connectivity index (χ3n) is 2.90. The van der Waals surface area contributed by atoms with Crippen LogP contribution in [0.5, 0.6) is 0 Å². The molecule has 1 nitrogen and oxygen atoms in total. The standard InChI is InChI=1S/C15H14ClF2N/c16-12-3-1-10(2-4-12)7-14(19)9-11-8-13(17)5-6-15(11)18/h1-6,8,14H,7,9,19H2. The van der Waals surface area contributed by atoms with Gasteiger partial charge in [-0.1, -0.05) is 23.7 Å². The van der Waals surface area contributed by atoms with Gasteiger partial charge < -0.3 is 5.73 Å². The number of hydrogen-bond acceptors (Lipinski definition) is 1. The number of rotatable bonds is 4. The van der Waals surface area contributed by atoms with Crippen molar-refractivity contribution in [2.24, 2.45) is 5.73 Å². The zero-order chi connectivity index (χ0) is 13.8. The molecule has 0 fully saturated rings. The molecule has 2 N–H and O–H groups in total. The van der Waals surface area contributed by atoms with E-state index in [1.807, 2.05) is 12.1 Å². The van der Waals surface area contributed by atoms with Crippen LogP contribution >= 0.6 is 11.6 Å². The van der Waals surface area contributed by atoms with Crippen LogP contribution in [0.15, 0.2) is 42.5 Å². The van der Waals surface area contributed by atoms with Crippen LogP contribution in [-0.2, 0) is 12.8 Å². The van der Waals surface area contributed by atoms with Crippen molar-refractivity contribution in [3.63, 3.8) is 0 Å². The summed E-state index contributed by atoms with van der Waals surface area (Å²) in [6.07, 6.45) is 0.888. The van der Waals surface area contributed by atoms with Crippen molar-refractivity contribution in [1.82, 2.24) is 0 Å². The Morgan fingerprint density at radius 1 is 1.00 bits per heavy atom. The summed E-state index contributed by atoms with van der Waals surface area (Å²) in [4.78, 5) is 0. The molecular formula is C15H14ClF2N. The van der Waals surface area contributed by atoms with Crippen molar-refractivity contribution in [3.05, 3.63) is 70.2 Å². The van der Waals surface area contributed by atoms with Crippen LogP contribution in [0.3, 0.4) is 0 Å². The zero-order valence-corrected chi connectivity index (χ0v) is 11.0. The fourth-order valence-corrected chi connectivity index (χ4v) is 2.10. The normalized spacial score (nSPS) is 12.4. The predicted molar refractivity (Wildman–Crippen MR) is 73.2 cm³/mol. The maximum Gasteiger partial charge on any atom is 0.126 e. The average Bonchev–Trinajstić information content (AvgIpc) is 2.37. The quantitative estimate of drug-likeness (QED) is 0.908. The van der Waals surface area contributed by atoms with Crippen LogP contribution in [0.4, 0.5) is 8.78 Å². The molecule has 0 radical (unpaired) electrons. The summed E-state index contributed by atoms with van der Waals surface area (Å²) in [5, 5.41) is 0.661.